The van der Waals surface area contributed by atoms with Gasteiger partial charge in [0, 0.05) is 19.6 Å². The van der Waals surface area contributed by atoms with Gasteiger partial charge in [-0.2, -0.15) is 11.8 Å². The highest BCUT2D eigenvalue weighted by atomic mass is 32.2. The zero-order valence-electron chi connectivity index (χ0n) is 17.6. The van der Waals surface area contributed by atoms with Gasteiger partial charge in [-0.15, -0.1) is 0 Å². The highest BCUT2D eigenvalue weighted by molar-refractivity contribution is 7.98. The van der Waals surface area contributed by atoms with Gasteiger partial charge in [0.1, 0.15) is 11.6 Å². The van der Waals surface area contributed by atoms with Crippen LogP contribution in [0.25, 0.3) is 0 Å². The number of sulfonamides is 1. The van der Waals surface area contributed by atoms with Crippen molar-refractivity contribution >= 4 is 33.8 Å². The van der Waals surface area contributed by atoms with Crippen LogP contribution in [-0.2, 0) is 19.6 Å². The molecule has 8 nitrogen and oxygen atoms in total. The summed E-state index contributed by atoms with van der Waals surface area (Å²) in [4.78, 5) is 26.3. The number of nitrogens with one attached hydrogen (secondary N) is 2. The van der Waals surface area contributed by atoms with Crippen LogP contribution in [0.2, 0.25) is 0 Å². The summed E-state index contributed by atoms with van der Waals surface area (Å²) >= 11 is 1.58. The van der Waals surface area contributed by atoms with Gasteiger partial charge < -0.3 is 15.0 Å². The average Bonchev–Trinajstić information content (AvgIpc) is 2.62. The molecule has 2 N–H and O–H groups in total. The fourth-order valence-corrected chi connectivity index (χ4v) is 4.18. The first-order valence-electron chi connectivity index (χ1n) is 9.72. The van der Waals surface area contributed by atoms with Gasteiger partial charge >= 0.3 is 6.09 Å². The van der Waals surface area contributed by atoms with Gasteiger partial charge in [0.25, 0.3) is 0 Å². The Kier molecular flexibility index (Phi) is 10.1. The number of carbonyl (C=O) groups is 2. The number of piperidine rings is 1. The van der Waals surface area contributed by atoms with E-state index in [0.29, 0.717) is 31.8 Å². The fourth-order valence-electron chi connectivity index (χ4n) is 2.89. The van der Waals surface area contributed by atoms with E-state index in [1.54, 1.807) is 23.6 Å². The first-order chi connectivity index (χ1) is 13.0. The summed E-state index contributed by atoms with van der Waals surface area (Å²) in [5, 5.41) is 2.78. The maximum atomic E-state index is 12.8. The quantitative estimate of drug-likeness (QED) is 0.570. The van der Waals surface area contributed by atoms with Crippen molar-refractivity contribution in [2.24, 2.45) is 5.92 Å². The number of carbonyl (C=O) groups excluding carboxylic acids is 2. The summed E-state index contributed by atoms with van der Waals surface area (Å²) in [5.74, 6) is 0.770. The SMILES string of the molecule is CCS(=O)(=O)NC(CCSC)C(=O)N1CCC(CNC(=O)OC(C)(C)C)CC1. The lowest BCUT2D eigenvalue weighted by molar-refractivity contribution is -0.134. The van der Waals surface area contributed by atoms with E-state index in [-0.39, 0.29) is 17.6 Å². The second kappa shape index (κ2) is 11.3. The molecule has 1 atom stereocenters. The molecule has 0 aliphatic carbocycles. The largest absolute Gasteiger partial charge is 0.444 e. The van der Waals surface area contributed by atoms with E-state index in [1.165, 1.54) is 0 Å². The summed E-state index contributed by atoms with van der Waals surface area (Å²) in [6.45, 7) is 8.63. The van der Waals surface area contributed by atoms with Crippen molar-refractivity contribution in [2.45, 2.75) is 58.6 Å². The maximum absolute atomic E-state index is 12.8. The van der Waals surface area contributed by atoms with Gasteiger partial charge in [-0.1, -0.05) is 0 Å². The Morgan fingerprint density at radius 1 is 1.25 bits per heavy atom. The van der Waals surface area contributed by atoms with Gasteiger partial charge in [-0.05, 0) is 64.9 Å². The van der Waals surface area contributed by atoms with Crippen molar-refractivity contribution in [1.82, 2.24) is 14.9 Å². The molecule has 1 heterocycles. The summed E-state index contributed by atoms with van der Waals surface area (Å²) in [7, 11) is -3.44. The van der Waals surface area contributed by atoms with Gasteiger partial charge in [-0.3, -0.25) is 4.79 Å². The number of amides is 2. The molecule has 1 aliphatic heterocycles. The summed E-state index contributed by atoms with van der Waals surface area (Å²) in [6.07, 6.45) is 3.49. The van der Waals surface area contributed by atoms with Crippen molar-refractivity contribution in [3.05, 3.63) is 0 Å². The van der Waals surface area contributed by atoms with E-state index in [9.17, 15) is 18.0 Å². The first kappa shape index (κ1) is 25.0. The van der Waals surface area contributed by atoms with E-state index in [1.807, 2.05) is 27.0 Å². The van der Waals surface area contributed by atoms with E-state index >= 15 is 0 Å². The molecule has 164 valence electrons. The number of likely N-dealkylation sites (tertiary alicyclic amines) is 1. The van der Waals surface area contributed by atoms with Crippen molar-refractivity contribution in [2.75, 3.05) is 37.4 Å². The van der Waals surface area contributed by atoms with Crippen LogP contribution >= 0.6 is 11.8 Å². The molecule has 28 heavy (non-hydrogen) atoms. The standard InChI is InChI=1S/C18H35N3O5S2/c1-6-28(24,25)20-15(9-12-27-5)16(22)21-10-7-14(8-11-21)13-19-17(23)26-18(2,3)4/h14-15,20H,6-13H2,1-5H3,(H,19,23). The zero-order chi connectivity index (χ0) is 21.4. The molecule has 0 aromatic rings. The number of alkyl carbamates (subject to hydrolysis) is 1. The third-order valence-electron chi connectivity index (χ3n) is 4.47. The molecule has 1 fully saturated rings. The molecule has 1 unspecified atom stereocenters. The van der Waals surface area contributed by atoms with Gasteiger partial charge in [-0.25, -0.2) is 17.9 Å². The molecule has 1 saturated heterocycles. The Morgan fingerprint density at radius 3 is 2.36 bits per heavy atom. The van der Waals surface area contributed by atoms with Crippen LogP contribution < -0.4 is 10.0 Å². The van der Waals surface area contributed by atoms with Crippen LogP contribution in [0.5, 0.6) is 0 Å². The number of nitrogens with zero attached hydrogens (tertiary/aromatic N) is 1. The van der Waals surface area contributed by atoms with E-state index in [4.69, 9.17) is 4.74 Å². The normalized spacial score (nSPS) is 17.2. The van der Waals surface area contributed by atoms with Crippen LogP contribution in [0, 0.1) is 5.92 Å². The first-order valence-corrected chi connectivity index (χ1v) is 12.8. The third-order valence-corrected chi connectivity index (χ3v) is 6.52. The molecule has 1 rings (SSSR count). The molecular formula is C18H35N3O5S2. The molecule has 0 spiro atoms. The van der Waals surface area contributed by atoms with E-state index in [0.717, 1.165) is 12.8 Å². The summed E-state index contributed by atoms with van der Waals surface area (Å²) in [6, 6.07) is -0.714. The lowest BCUT2D eigenvalue weighted by atomic mass is 9.96. The minimum atomic E-state index is -3.44. The Bertz CT molecular complexity index is 611. The van der Waals surface area contributed by atoms with Crippen molar-refractivity contribution in [3.8, 4) is 0 Å². The van der Waals surface area contributed by atoms with Crippen LogP contribution in [0.15, 0.2) is 0 Å². The van der Waals surface area contributed by atoms with E-state index < -0.39 is 27.8 Å². The molecule has 2 amide bonds. The Morgan fingerprint density at radius 2 is 1.86 bits per heavy atom. The minimum Gasteiger partial charge on any atom is -0.444 e. The maximum Gasteiger partial charge on any atom is 0.407 e. The molecule has 0 radical (unpaired) electrons. The average molecular weight is 438 g/mol. The summed E-state index contributed by atoms with van der Waals surface area (Å²) < 4.78 is 31.6. The van der Waals surface area contributed by atoms with Crippen LogP contribution in [0.1, 0.15) is 47.0 Å². The number of ether oxygens (including phenoxy) is 1. The molecule has 10 heteroatoms. The van der Waals surface area contributed by atoms with Gasteiger partial charge in [0.2, 0.25) is 15.9 Å². The van der Waals surface area contributed by atoms with Crippen LogP contribution in [0.3, 0.4) is 0 Å². The lowest BCUT2D eigenvalue weighted by Crippen LogP contribution is -2.51. The molecule has 1 aliphatic rings. The minimum absolute atomic E-state index is 0.0472. The van der Waals surface area contributed by atoms with Gasteiger partial charge in [0.15, 0.2) is 0 Å². The lowest BCUT2D eigenvalue weighted by Gasteiger charge is -2.34. The Labute approximate surface area is 173 Å². The summed E-state index contributed by atoms with van der Waals surface area (Å²) in [5.41, 5.74) is -0.530. The second-order valence-electron chi connectivity index (χ2n) is 8.01. The Hall–Kier alpha value is -1.00. The molecule has 0 saturated carbocycles. The monoisotopic (exact) mass is 437 g/mol. The predicted octanol–water partition coefficient (Wildman–Crippen LogP) is 1.81. The fraction of sp³-hybridized carbons (Fsp3) is 0.889. The van der Waals surface area contributed by atoms with Crippen LogP contribution in [-0.4, -0.2) is 74.4 Å². The number of rotatable bonds is 9. The molecular weight excluding hydrogens is 402 g/mol. The molecule has 0 bridgehead atoms. The van der Waals surface area contributed by atoms with Crippen molar-refractivity contribution in [1.29, 1.82) is 0 Å². The third kappa shape index (κ3) is 9.47. The highest BCUT2D eigenvalue weighted by Gasteiger charge is 2.30. The smallest absolute Gasteiger partial charge is 0.407 e. The highest BCUT2D eigenvalue weighted by Crippen LogP contribution is 2.18. The number of hydrogen-bond acceptors (Lipinski definition) is 6. The molecule has 0 aromatic heterocycles. The zero-order valence-corrected chi connectivity index (χ0v) is 19.2. The van der Waals surface area contributed by atoms with Crippen molar-refractivity contribution < 1.29 is 22.7 Å². The van der Waals surface area contributed by atoms with E-state index in [2.05, 4.69) is 10.0 Å². The second-order valence-corrected chi connectivity index (χ2v) is 11.0. The van der Waals surface area contributed by atoms with Crippen molar-refractivity contribution in [3.63, 3.8) is 0 Å². The topological polar surface area (TPSA) is 105 Å². The number of hydrogen-bond donors (Lipinski definition) is 2. The van der Waals surface area contributed by atoms with Crippen LogP contribution in [0.4, 0.5) is 4.79 Å². The Balaban J connectivity index is 2.52. The molecule has 0 aromatic carbocycles. The van der Waals surface area contributed by atoms with Gasteiger partial charge in [0.05, 0.1) is 5.75 Å². The predicted molar refractivity (Wildman–Crippen MR) is 113 cm³/mol. The number of thioether (sulfide) groups is 1.